The molecule has 16 heteroatoms. The fourth-order valence-electron chi connectivity index (χ4n) is 3.55. The lowest BCUT2D eigenvalue weighted by Crippen LogP contribution is -2.66. The van der Waals surface area contributed by atoms with Crippen LogP contribution in [0.4, 0.5) is 0 Å². The van der Waals surface area contributed by atoms with Gasteiger partial charge in [0.05, 0.1) is 39.5 Å². The van der Waals surface area contributed by atoms with Crippen molar-refractivity contribution in [1.82, 2.24) is 10.6 Å². The Morgan fingerprint density at radius 1 is 0.775 bits per heavy atom. The van der Waals surface area contributed by atoms with Crippen LogP contribution in [0.3, 0.4) is 0 Å². The Labute approximate surface area is 231 Å². The molecule has 0 aliphatic carbocycles. The molecule has 228 valence electrons. The largest absolute Gasteiger partial charge is 0.481 e. The number of amides is 2. The molecular formula is C24H38N2O14. The van der Waals surface area contributed by atoms with Crippen LogP contribution in [0.5, 0.6) is 0 Å². The third-order valence-corrected chi connectivity index (χ3v) is 5.09. The molecule has 0 unspecified atom stereocenters. The first-order valence-electron chi connectivity index (χ1n) is 12.6. The van der Waals surface area contributed by atoms with Gasteiger partial charge in [0.2, 0.25) is 11.8 Å². The maximum Gasteiger partial charge on any atom is 0.303 e. The van der Waals surface area contributed by atoms with Crippen molar-refractivity contribution in [3.8, 4) is 0 Å². The number of esters is 3. The lowest BCUT2D eigenvalue weighted by atomic mass is 9.96. The van der Waals surface area contributed by atoms with Crippen molar-refractivity contribution in [2.45, 2.75) is 71.2 Å². The Hall–Kier alpha value is -3.34. The van der Waals surface area contributed by atoms with Crippen LogP contribution in [0.2, 0.25) is 0 Å². The highest BCUT2D eigenvalue weighted by Gasteiger charge is 2.51. The van der Waals surface area contributed by atoms with E-state index in [0.29, 0.717) is 0 Å². The fraction of sp³-hybridized carbons (Fsp3) is 0.750. The first-order chi connectivity index (χ1) is 18.9. The number of hydrogen-bond donors (Lipinski definition) is 3. The van der Waals surface area contributed by atoms with Gasteiger partial charge in [-0.2, -0.15) is 0 Å². The van der Waals surface area contributed by atoms with Crippen molar-refractivity contribution in [2.24, 2.45) is 0 Å². The van der Waals surface area contributed by atoms with E-state index in [0.717, 1.165) is 13.8 Å². The highest BCUT2D eigenvalue weighted by atomic mass is 16.7. The highest BCUT2D eigenvalue weighted by Crippen LogP contribution is 2.28. The third-order valence-electron chi connectivity index (χ3n) is 5.09. The number of hydrogen-bond acceptors (Lipinski definition) is 13. The summed E-state index contributed by atoms with van der Waals surface area (Å²) in [6.45, 7) is 5.25. The maximum atomic E-state index is 11.9. The molecule has 0 bridgehead atoms. The molecule has 1 aliphatic heterocycles. The Bertz CT molecular complexity index is 867. The third kappa shape index (κ3) is 14.7. The minimum absolute atomic E-state index is 0.0221. The molecule has 16 nitrogen and oxygen atoms in total. The Morgan fingerprint density at radius 2 is 1.38 bits per heavy atom. The molecule has 0 aromatic carbocycles. The molecule has 1 saturated heterocycles. The van der Waals surface area contributed by atoms with Crippen LogP contribution in [0, 0.1) is 0 Å². The first-order valence-corrected chi connectivity index (χ1v) is 12.6. The molecule has 0 aromatic heterocycles. The van der Waals surface area contributed by atoms with Crippen LogP contribution in [0.1, 0.15) is 40.5 Å². The predicted molar refractivity (Wildman–Crippen MR) is 131 cm³/mol. The van der Waals surface area contributed by atoms with E-state index >= 15 is 0 Å². The summed E-state index contributed by atoms with van der Waals surface area (Å²) >= 11 is 0. The molecule has 1 fully saturated rings. The number of nitrogens with one attached hydrogen (secondary N) is 2. The number of rotatable bonds is 18. The van der Waals surface area contributed by atoms with Gasteiger partial charge in [0.15, 0.2) is 18.5 Å². The van der Waals surface area contributed by atoms with Gasteiger partial charge >= 0.3 is 23.9 Å². The van der Waals surface area contributed by atoms with E-state index in [2.05, 4.69) is 10.6 Å². The summed E-state index contributed by atoms with van der Waals surface area (Å²) in [5.74, 6) is -3.97. The zero-order valence-electron chi connectivity index (χ0n) is 23.0. The highest BCUT2D eigenvalue weighted by molar-refractivity contribution is 5.80. The van der Waals surface area contributed by atoms with Crippen LogP contribution in [-0.2, 0) is 61.9 Å². The van der Waals surface area contributed by atoms with Gasteiger partial charge in [-0.1, -0.05) is 0 Å². The van der Waals surface area contributed by atoms with E-state index in [4.69, 9.17) is 38.3 Å². The van der Waals surface area contributed by atoms with Gasteiger partial charge < -0.3 is 48.9 Å². The van der Waals surface area contributed by atoms with Gasteiger partial charge in [-0.05, 0) is 0 Å². The predicted octanol–water partition coefficient (Wildman–Crippen LogP) is -1.33. The van der Waals surface area contributed by atoms with Crippen LogP contribution in [0.25, 0.3) is 0 Å². The Balaban J connectivity index is 2.62. The van der Waals surface area contributed by atoms with E-state index in [1.54, 1.807) is 0 Å². The average Bonchev–Trinajstić information content (AvgIpc) is 2.85. The molecule has 0 spiro atoms. The van der Waals surface area contributed by atoms with Crippen molar-refractivity contribution in [3.05, 3.63) is 0 Å². The summed E-state index contributed by atoms with van der Waals surface area (Å²) in [4.78, 5) is 68.8. The topological polar surface area (TPSA) is 211 Å². The van der Waals surface area contributed by atoms with Gasteiger partial charge in [-0.15, -0.1) is 0 Å². The van der Waals surface area contributed by atoms with Crippen molar-refractivity contribution in [2.75, 3.05) is 46.2 Å². The summed E-state index contributed by atoms with van der Waals surface area (Å²) in [6, 6.07) is -1.08. The van der Waals surface area contributed by atoms with Crippen molar-refractivity contribution in [1.29, 1.82) is 0 Å². The summed E-state index contributed by atoms with van der Waals surface area (Å²) in [7, 11) is 0. The van der Waals surface area contributed by atoms with E-state index in [9.17, 15) is 28.8 Å². The monoisotopic (exact) mass is 578 g/mol. The fourth-order valence-corrected chi connectivity index (χ4v) is 3.55. The van der Waals surface area contributed by atoms with Gasteiger partial charge in [-0.25, -0.2) is 0 Å². The molecule has 5 atom stereocenters. The molecule has 1 rings (SSSR count). The van der Waals surface area contributed by atoms with Crippen LogP contribution in [0.15, 0.2) is 0 Å². The average molecular weight is 579 g/mol. The minimum atomic E-state index is -1.22. The number of carbonyl (C=O) groups is 6. The van der Waals surface area contributed by atoms with Crippen LogP contribution < -0.4 is 10.6 Å². The summed E-state index contributed by atoms with van der Waals surface area (Å²) in [6.07, 6.45) is -5.06. The molecule has 40 heavy (non-hydrogen) atoms. The zero-order valence-corrected chi connectivity index (χ0v) is 23.0. The van der Waals surface area contributed by atoms with E-state index in [-0.39, 0.29) is 64.9 Å². The maximum absolute atomic E-state index is 11.9. The first kappa shape index (κ1) is 34.7. The molecule has 0 radical (unpaired) electrons. The standard InChI is InChI=1S/C24H38N2O14/c1-14(27)26-21-23(39-17(4)30)22(38-16(3)29)18(13-37-15(2)28)40-24(21)36-12-11-35-10-9-34-8-7-25-19(31)5-6-20(32)33/h18,21-24H,5-13H2,1-4H3,(H,25,31)(H,26,27)(H,32,33)/t18-,21-,22+,23-,24-/m1/s1. The molecule has 0 aromatic rings. The lowest BCUT2D eigenvalue weighted by molar-refractivity contribution is -0.279. The van der Waals surface area contributed by atoms with Crippen LogP contribution in [-0.4, -0.2) is 118 Å². The minimum Gasteiger partial charge on any atom is -0.481 e. The molecule has 1 heterocycles. The molecule has 3 N–H and O–H groups in total. The molecule has 2 amide bonds. The summed E-state index contributed by atoms with van der Waals surface area (Å²) in [5.41, 5.74) is 0. The number of aliphatic carboxylic acids is 1. The van der Waals surface area contributed by atoms with Crippen LogP contribution >= 0.6 is 0 Å². The Kier molecular flexibility index (Phi) is 16.4. The SMILES string of the molecule is CC(=O)N[C@H]1[C@H](OCCOCCOCCNC(=O)CCC(=O)O)O[C@H](COC(C)=O)[C@H](OC(C)=O)[C@@H]1OC(C)=O. The van der Waals surface area contributed by atoms with Crippen molar-refractivity contribution in [3.63, 3.8) is 0 Å². The summed E-state index contributed by atoms with van der Waals surface area (Å²) < 4.78 is 38.1. The van der Waals surface area contributed by atoms with Gasteiger partial charge in [0.1, 0.15) is 18.8 Å². The van der Waals surface area contributed by atoms with Gasteiger partial charge in [0.25, 0.3) is 0 Å². The van der Waals surface area contributed by atoms with E-state index in [1.165, 1.54) is 13.8 Å². The second-order valence-electron chi connectivity index (χ2n) is 8.56. The molecule has 0 saturated carbocycles. The number of ether oxygens (including phenoxy) is 7. The number of carboxylic acid groups (broad SMARTS) is 1. The zero-order chi connectivity index (χ0) is 30.1. The van der Waals surface area contributed by atoms with Gasteiger partial charge in [0, 0.05) is 40.7 Å². The van der Waals surface area contributed by atoms with E-state index in [1.807, 2.05) is 0 Å². The van der Waals surface area contributed by atoms with Crippen molar-refractivity contribution < 1.29 is 67.0 Å². The normalized spacial score (nSPS) is 22.1. The second-order valence-corrected chi connectivity index (χ2v) is 8.56. The summed E-state index contributed by atoms with van der Waals surface area (Å²) in [5, 5.41) is 13.7. The smallest absolute Gasteiger partial charge is 0.303 e. The quantitative estimate of drug-likeness (QED) is 0.0978. The van der Waals surface area contributed by atoms with Crippen molar-refractivity contribution >= 4 is 35.7 Å². The number of carboxylic acids is 1. The molecular weight excluding hydrogens is 540 g/mol. The Morgan fingerprint density at radius 3 is 1.95 bits per heavy atom. The second kappa shape index (κ2) is 18.9. The number of carbonyl (C=O) groups excluding carboxylic acids is 5. The molecule has 1 aliphatic rings. The van der Waals surface area contributed by atoms with E-state index < -0.39 is 60.4 Å². The lowest BCUT2D eigenvalue weighted by Gasteiger charge is -2.44. The van der Waals surface area contributed by atoms with Gasteiger partial charge in [-0.3, -0.25) is 28.8 Å².